The molecule has 0 bridgehead atoms. The summed E-state index contributed by atoms with van der Waals surface area (Å²) in [4.78, 5) is 23.1. The Hall–Kier alpha value is -2.48. The Kier molecular flexibility index (Phi) is 6.68. The summed E-state index contributed by atoms with van der Waals surface area (Å²) in [6, 6.07) is 9.09. The van der Waals surface area contributed by atoms with Gasteiger partial charge in [0.2, 0.25) is 5.91 Å². The SMILES string of the molecule is CC(Cc1c(F)cccc1F)NC(=O)C(C)Sc1ccc([N+](=O)[O-])cc1. The van der Waals surface area contributed by atoms with Crippen molar-refractivity contribution in [1.82, 2.24) is 5.32 Å². The molecule has 0 aliphatic carbocycles. The summed E-state index contributed by atoms with van der Waals surface area (Å²) in [6.45, 7) is 3.37. The molecular weight excluding hydrogens is 362 g/mol. The second-order valence-electron chi connectivity index (χ2n) is 5.83. The summed E-state index contributed by atoms with van der Waals surface area (Å²) in [6.07, 6.45) is 0.0408. The summed E-state index contributed by atoms with van der Waals surface area (Å²) in [5.41, 5.74) is -0.0806. The predicted octanol–water partition coefficient (Wildman–Crippen LogP) is 4.10. The number of nitro groups is 1. The maximum atomic E-state index is 13.7. The van der Waals surface area contributed by atoms with Crippen molar-refractivity contribution in [2.24, 2.45) is 0 Å². The zero-order chi connectivity index (χ0) is 19.3. The molecule has 0 aliphatic heterocycles. The van der Waals surface area contributed by atoms with Crippen LogP contribution in [0.1, 0.15) is 19.4 Å². The Morgan fingerprint density at radius 3 is 2.27 bits per heavy atom. The van der Waals surface area contributed by atoms with Crippen LogP contribution in [0.3, 0.4) is 0 Å². The highest BCUT2D eigenvalue weighted by Gasteiger charge is 2.19. The van der Waals surface area contributed by atoms with Gasteiger partial charge in [-0.15, -0.1) is 11.8 Å². The third-order valence-electron chi connectivity index (χ3n) is 3.69. The molecule has 1 N–H and O–H groups in total. The first-order valence-corrected chi connectivity index (χ1v) is 8.80. The largest absolute Gasteiger partial charge is 0.352 e. The molecule has 2 rings (SSSR count). The van der Waals surface area contributed by atoms with Crippen LogP contribution in [0.15, 0.2) is 47.4 Å². The van der Waals surface area contributed by atoms with Gasteiger partial charge in [0.05, 0.1) is 10.2 Å². The maximum absolute atomic E-state index is 13.7. The van der Waals surface area contributed by atoms with Gasteiger partial charge in [-0.1, -0.05) is 6.07 Å². The highest BCUT2D eigenvalue weighted by molar-refractivity contribution is 8.00. The summed E-state index contributed by atoms with van der Waals surface area (Å²) in [5, 5.41) is 12.9. The number of rotatable bonds is 7. The van der Waals surface area contributed by atoms with Gasteiger partial charge in [-0.2, -0.15) is 0 Å². The fraction of sp³-hybridized carbons (Fsp3) is 0.278. The van der Waals surface area contributed by atoms with Crippen molar-refractivity contribution in [3.8, 4) is 0 Å². The monoisotopic (exact) mass is 380 g/mol. The van der Waals surface area contributed by atoms with Gasteiger partial charge >= 0.3 is 0 Å². The molecule has 0 radical (unpaired) electrons. The molecule has 8 heteroatoms. The molecule has 0 saturated heterocycles. The summed E-state index contributed by atoms with van der Waals surface area (Å²) >= 11 is 1.24. The van der Waals surface area contributed by atoms with Gasteiger partial charge in [0.1, 0.15) is 11.6 Å². The van der Waals surface area contributed by atoms with Gasteiger partial charge in [0.15, 0.2) is 0 Å². The molecule has 0 aliphatic rings. The van der Waals surface area contributed by atoms with Crippen molar-refractivity contribution < 1.29 is 18.5 Å². The minimum atomic E-state index is -0.639. The van der Waals surface area contributed by atoms with E-state index in [4.69, 9.17) is 0 Å². The summed E-state index contributed by atoms with van der Waals surface area (Å²) in [7, 11) is 0. The molecule has 0 spiro atoms. The van der Waals surface area contributed by atoms with Crippen molar-refractivity contribution in [1.29, 1.82) is 0 Å². The fourth-order valence-corrected chi connectivity index (χ4v) is 3.23. The molecule has 5 nitrogen and oxygen atoms in total. The number of nitrogens with one attached hydrogen (secondary N) is 1. The highest BCUT2D eigenvalue weighted by atomic mass is 32.2. The average Bonchev–Trinajstić information content (AvgIpc) is 2.58. The Labute approximate surface area is 153 Å². The van der Waals surface area contributed by atoms with Gasteiger partial charge in [-0.25, -0.2) is 8.78 Å². The number of non-ortho nitro benzene ring substituents is 1. The standard InChI is InChI=1S/C18H18F2N2O3S/c1-11(10-15-16(19)4-3-5-17(15)20)21-18(23)12(2)26-14-8-6-13(7-9-14)22(24)25/h3-9,11-12H,10H2,1-2H3,(H,21,23). The Morgan fingerprint density at radius 2 is 1.73 bits per heavy atom. The Morgan fingerprint density at radius 1 is 1.15 bits per heavy atom. The molecule has 26 heavy (non-hydrogen) atoms. The van der Waals surface area contributed by atoms with Crippen LogP contribution in [0.4, 0.5) is 14.5 Å². The van der Waals surface area contributed by atoms with E-state index in [-0.39, 0.29) is 23.6 Å². The van der Waals surface area contributed by atoms with Crippen LogP contribution in [0.25, 0.3) is 0 Å². The van der Waals surface area contributed by atoms with Crippen molar-refractivity contribution in [3.63, 3.8) is 0 Å². The van der Waals surface area contributed by atoms with Crippen molar-refractivity contribution in [3.05, 3.63) is 69.8 Å². The van der Waals surface area contributed by atoms with E-state index < -0.39 is 27.8 Å². The van der Waals surface area contributed by atoms with E-state index in [2.05, 4.69) is 5.32 Å². The molecule has 1 amide bonds. The molecule has 0 saturated carbocycles. The second kappa shape index (κ2) is 8.75. The molecule has 2 aromatic carbocycles. The third-order valence-corrected chi connectivity index (χ3v) is 4.80. The van der Waals surface area contributed by atoms with Gasteiger partial charge in [0.25, 0.3) is 5.69 Å². The number of hydrogen-bond donors (Lipinski definition) is 1. The Balaban J connectivity index is 1.92. The van der Waals surface area contributed by atoms with Crippen LogP contribution < -0.4 is 5.32 Å². The normalized spacial score (nSPS) is 13.1. The lowest BCUT2D eigenvalue weighted by atomic mass is 10.1. The molecule has 138 valence electrons. The van der Waals surface area contributed by atoms with Crippen molar-refractivity contribution in [2.75, 3.05) is 0 Å². The Bertz CT molecular complexity index is 779. The third kappa shape index (κ3) is 5.26. The second-order valence-corrected chi connectivity index (χ2v) is 7.24. The number of hydrogen-bond acceptors (Lipinski definition) is 4. The lowest BCUT2D eigenvalue weighted by molar-refractivity contribution is -0.384. The van der Waals surface area contributed by atoms with E-state index in [0.717, 1.165) is 0 Å². The minimum absolute atomic E-state index is 0.0213. The predicted molar refractivity (Wildman–Crippen MR) is 96.1 cm³/mol. The van der Waals surface area contributed by atoms with E-state index in [9.17, 15) is 23.7 Å². The zero-order valence-corrected chi connectivity index (χ0v) is 15.1. The zero-order valence-electron chi connectivity index (χ0n) is 14.2. The molecule has 0 fully saturated rings. The van der Waals surface area contributed by atoms with Crippen molar-refractivity contribution in [2.45, 2.75) is 36.5 Å². The van der Waals surface area contributed by atoms with Gasteiger partial charge < -0.3 is 5.32 Å². The van der Waals surface area contributed by atoms with Crippen LogP contribution in [-0.2, 0) is 11.2 Å². The van der Waals surface area contributed by atoms with E-state index in [1.165, 1.54) is 42.1 Å². The lowest BCUT2D eigenvalue weighted by Crippen LogP contribution is -2.39. The van der Waals surface area contributed by atoms with Crippen LogP contribution >= 0.6 is 11.8 Å². The molecule has 2 unspecified atom stereocenters. The van der Waals surface area contributed by atoms with E-state index in [0.29, 0.717) is 4.90 Å². The molecule has 0 aromatic heterocycles. The number of nitro benzene ring substituents is 1. The topological polar surface area (TPSA) is 72.2 Å². The maximum Gasteiger partial charge on any atom is 0.269 e. The number of amides is 1. The lowest BCUT2D eigenvalue weighted by Gasteiger charge is -2.18. The highest BCUT2D eigenvalue weighted by Crippen LogP contribution is 2.25. The van der Waals surface area contributed by atoms with Crippen LogP contribution in [0.2, 0.25) is 0 Å². The first kappa shape index (κ1) is 19.8. The van der Waals surface area contributed by atoms with Crippen LogP contribution in [0.5, 0.6) is 0 Å². The number of halogens is 2. The average molecular weight is 380 g/mol. The number of thioether (sulfide) groups is 1. The van der Waals surface area contributed by atoms with Crippen LogP contribution in [0, 0.1) is 21.7 Å². The molecule has 2 atom stereocenters. The van der Waals surface area contributed by atoms with Crippen molar-refractivity contribution >= 4 is 23.4 Å². The van der Waals surface area contributed by atoms with Gasteiger partial charge in [-0.05, 0) is 44.5 Å². The minimum Gasteiger partial charge on any atom is -0.352 e. The first-order valence-electron chi connectivity index (χ1n) is 7.92. The molecule has 2 aromatic rings. The fourth-order valence-electron chi connectivity index (χ4n) is 2.35. The molecular formula is C18H18F2N2O3S. The van der Waals surface area contributed by atoms with Gasteiger partial charge in [0, 0.05) is 28.6 Å². The number of nitrogens with zero attached hydrogens (tertiary/aromatic N) is 1. The summed E-state index contributed by atoms with van der Waals surface area (Å²) in [5.74, 6) is -1.56. The number of carbonyl (C=O) groups excluding carboxylic acids is 1. The first-order chi connectivity index (χ1) is 12.3. The number of carbonyl (C=O) groups is 1. The number of benzene rings is 2. The smallest absolute Gasteiger partial charge is 0.269 e. The van der Waals surface area contributed by atoms with E-state index in [1.54, 1.807) is 26.0 Å². The van der Waals surface area contributed by atoms with E-state index in [1.807, 2.05) is 0 Å². The summed E-state index contributed by atoms with van der Waals surface area (Å²) < 4.78 is 27.4. The molecule has 0 heterocycles. The van der Waals surface area contributed by atoms with E-state index >= 15 is 0 Å². The van der Waals surface area contributed by atoms with Gasteiger partial charge in [-0.3, -0.25) is 14.9 Å². The van der Waals surface area contributed by atoms with Crippen LogP contribution in [-0.4, -0.2) is 22.1 Å². The quantitative estimate of drug-likeness (QED) is 0.446.